The third-order valence-electron chi connectivity index (χ3n) is 8.89. The second-order valence-electron chi connectivity index (χ2n) is 11.5. The quantitative estimate of drug-likeness (QED) is 0.233. The van der Waals surface area contributed by atoms with E-state index in [1.54, 1.807) is 4.90 Å². The molecule has 5 rings (SSSR count). The van der Waals surface area contributed by atoms with Crippen LogP contribution < -0.4 is 10.6 Å². The van der Waals surface area contributed by atoms with Gasteiger partial charge in [-0.05, 0) is 75.2 Å². The Morgan fingerprint density at radius 1 is 0.872 bits per heavy atom. The van der Waals surface area contributed by atoms with Crippen LogP contribution in [-0.4, -0.2) is 96.1 Å². The number of unbranched alkanes of at least 4 members (excludes halogenated alkanes) is 5. The molecule has 3 amide bonds. The van der Waals surface area contributed by atoms with Crippen LogP contribution in [0.15, 0.2) is 23.1 Å². The molecule has 214 valence electrons. The lowest BCUT2D eigenvalue weighted by Gasteiger charge is -2.40. The number of carbonyl (C=O) groups is 3. The van der Waals surface area contributed by atoms with Gasteiger partial charge in [-0.3, -0.25) is 24.6 Å². The Balaban J connectivity index is 0.935. The Morgan fingerprint density at radius 2 is 1.62 bits per heavy atom. The van der Waals surface area contributed by atoms with Crippen LogP contribution in [0.5, 0.6) is 0 Å². The zero-order chi connectivity index (χ0) is 27.0. The number of piperidine rings is 2. The summed E-state index contributed by atoms with van der Waals surface area (Å²) in [5, 5.41) is 5.85. The summed E-state index contributed by atoms with van der Waals surface area (Å²) in [5.74, 6) is 0.353. The summed E-state index contributed by atoms with van der Waals surface area (Å²) >= 11 is 1.83. The molecule has 0 spiro atoms. The molecule has 4 aliphatic rings. The monoisotopic (exact) mass is 555 g/mol. The van der Waals surface area contributed by atoms with E-state index in [4.69, 9.17) is 0 Å². The van der Waals surface area contributed by atoms with Crippen LogP contribution in [0.1, 0.15) is 80.1 Å². The number of hydrogen-bond acceptors (Lipinski definition) is 7. The first-order chi connectivity index (χ1) is 19.1. The summed E-state index contributed by atoms with van der Waals surface area (Å²) < 4.78 is 0. The van der Waals surface area contributed by atoms with E-state index in [1.165, 1.54) is 84.1 Å². The van der Waals surface area contributed by atoms with Gasteiger partial charge in [0.05, 0.1) is 0 Å². The van der Waals surface area contributed by atoms with Crippen LogP contribution in [0.25, 0.3) is 0 Å². The van der Waals surface area contributed by atoms with E-state index in [9.17, 15) is 14.4 Å². The summed E-state index contributed by atoms with van der Waals surface area (Å²) in [4.78, 5) is 45.0. The number of carbonyl (C=O) groups excluding carboxylic acids is 3. The predicted molar refractivity (Wildman–Crippen MR) is 155 cm³/mol. The highest BCUT2D eigenvalue weighted by Crippen LogP contribution is 2.34. The van der Waals surface area contributed by atoms with Crippen LogP contribution in [0, 0.1) is 0 Å². The van der Waals surface area contributed by atoms with Crippen LogP contribution in [0.2, 0.25) is 0 Å². The Hall–Kier alpha value is -1.94. The summed E-state index contributed by atoms with van der Waals surface area (Å²) in [7, 11) is 0. The molecule has 0 radical (unpaired) electrons. The fraction of sp³-hybridized carbons (Fsp3) is 0.700. The highest BCUT2D eigenvalue weighted by Gasteiger charge is 2.39. The summed E-state index contributed by atoms with van der Waals surface area (Å²) in [6.45, 7) is 9.00. The van der Waals surface area contributed by atoms with Gasteiger partial charge in [-0.15, -0.1) is 11.8 Å². The van der Waals surface area contributed by atoms with Gasteiger partial charge in [-0.1, -0.05) is 31.7 Å². The van der Waals surface area contributed by atoms with Crippen molar-refractivity contribution in [1.29, 1.82) is 0 Å². The third-order valence-corrected chi connectivity index (χ3v) is 10.1. The van der Waals surface area contributed by atoms with E-state index in [-0.39, 0.29) is 24.1 Å². The number of thioether (sulfide) groups is 1. The minimum absolute atomic E-state index is 0.0918. The average molecular weight is 556 g/mol. The van der Waals surface area contributed by atoms with E-state index < -0.39 is 6.04 Å². The van der Waals surface area contributed by atoms with E-state index in [0.717, 1.165) is 35.3 Å². The second kappa shape index (κ2) is 14.1. The number of piperazine rings is 1. The Labute approximate surface area is 237 Å². The molecule has 0 saturated carbocycles. The van der Waals surface area contributed by atoms with Crippen molar-refractivity contribution < 1.29 is 14.4 Å². The molecule has 1 aromatic carbocycles. The first kappa shape index (κ1) is 28.6. The van der Waals surface area contributed by atoms with Gasteiger partial charge in [0.1, 0.15) is 6.04 Å². The van der Waals surface area contributed by atoms with Crippen LogP contribution in [0.3, 0.4) is 0 Å². The number of hydrogen-bond donors (Lipinski definition) is 2. The van der Waals surface area contributed by atoms with Gasteiger partial charge in [-0.2, -0.15) is 0 Å². The third kappa shape index (κ3) is 7.43. The van der Waals surface area contributed by atoms with Gasteiger partial charge in [0.15, 0.2) is 0 Å². The van der Waals surface area contributed by atoms with Crippen LogP contribution in [0.4, 0.5) is 0 Å². The van der Waals surface area contributed by atoms with E-state index in [2.05, 4.69) is 26.5 Å². The van der Waals surface area contributed by atoms with Gasteiger partial charge in [0.25, 0.3) is 5.91 Å². The van der Waals surface area contributed by atoms with Crippen molar-refractivity contribution in [3.05, 3.63) is 29.3 Å². The molecule has 2 N–H and O–H groups in total. The average Bonchev–Trinajstić information content (AvgIpc) is 3.29. The van der Waals surface area contributed by atoms with Crippen LogP contribution in [-0.2, 0) is 16.1 Å². The molecular weight excluding hydrogens is 510 g/mol. The fourth-order valence-electron chi connectivity index (χ4n) is 6.57. The molecule has 0 aliphatic carbocycles. The second-order valence-corrected chi connectivity index (χ2v) is 12.6. The first-order valence-electron chi connectivity index (χ1n) is 15.2. The maximum absolute atomic E-state index is 13.0. The summed E-state index contributed by atoms with van der Waals surface area (Å²) in [5.41, 5.74) is 1.74. The van der Waals surface area contributed by atoms with Crippen LogP contribution >= 0.6 is 11.8 Å². The number of fused-ring (bicyclic) bond motifs is 1. The zero-order valence-corrected chi connectivity index (χ0v) is 24.1. The number of benzene rings is 1. The smallest absolute Gasteiger partial charge is 0.255 e. The predicted octanol–water partition coefficient (Wildman–Crippen LogP) is 3.25. The molecule has 4 heterocycles. The molecule has 39 heavy (non-hydrogen) atoms. The normalized spacial score (nSPS) is 23.3. The molecular formula is C30H45N5O3S. The van der Waals surface area contributed by atoms with Gasteiger partial charge in [0.2, 0.25) is 11.8 Å². The summed E-state index contributed by atoms with van der Waals surface area (Å²) in [6, 6.07) is 6.16. The van der Waals surface area contributed by atoms with Crippen molar-refractivity contribution in [3.63, 3.8) is 0 Å². The molecule has 0 aromatic heterocycles. The molecule has 3 saturated heterocycles. The van der Waals surface area contributed by atoms with E-state index >= 15 is 0 Å². The first-order valence-corrected chi connectivity index (χ1v) is 16.1. The Kier molecular flexibility index (Phi) is 10.3. The lowest BCUT2D eigenvalue weighted by molar-refractivity contribution is -0.136. The number of amides is 3. The standard InChI is InChI=1S/C30H45N5O3S/c36-28-11-10-26(29(37)32-28)35-22-25-24(30(35)38)8-7-9-27(25)39-21-6-4-2-1-3-5-16-33-17-12-23(13-18-33)34-19-14-31-15-20-34/h7-9,23,26,31H,1-6,10-22H2,(H,32,36,37). The minimum atomic E-state index is -0.551. The number of nitrogens with one attached hydrogen (secondary N) is 2. The van der Waals surface area contributed by atoms with Gasteiger partial charge in [-0.25, -0.2) is 0 Å². The fourth-order valence-corrected chi connectivity index (χ4v) is 7.67. The highest BCUT2D eigenvalue weighted by molar-refractivity contribution is 7.99. The molecule has 9 heteroatoms. The van der Waals surface area contributed by atoms with Crippen molar-refractivity contribution in [2.75, 3.05) is 51.6 Å². The topological polar surface area (TPSA) is 85.0 Å². The lowest BCUT2D eigenvalue weighted by Crippen LogP contribution is -2.52. The molecule has 3 fully saturated rings. The van der Waals surface area contributed by atoms with Gasteiger partial charge < -0.3 is 15.1 Å². The molecule has 1 aromatic rings. The zero-order valence-electron chi connectivity index (χ0n) is 23.3. The van der Waals surface area contributed by atoms with Gasteiger partial charge >= 0.3 is 0 Å². The van der Waals surface area contributed by atoms with Gasteiger partial charge in [0, 0.05) is 55.6 Å². The maximum Gasteiger partial charge on any atom is 0.255 e. The highest BCUT2D eigenvalue weighted by atomic mass is 32.2. The van der Waals surface area contributed by atoms with Crippen molar-refractivity contribution in [1.82, 2.24) is 25.3 Å². The molecule has 1 unspecified atom stereocenters. The Bertz CT molecular complexity index is 1010. The SMILES string of the molecule is O=C1CCC(N2Cc3c(SCCCCCCCCN4CCC(N5CCNCC5)CC4)cccc3C2=O)C(=O)N1. The van der Waals surface area contributed by atoms with Crippen molar-refractivity contribution >= 4 is 29.5 Å². The number of likely N-dealkylation sites (tertiary alicyclic amines) is 1. The number of rotatable bonds is 12. The van der Waals surface area contributed by atoms with E-state index in [1.807, 2.05) is 23.9 Å². The summed E-state index contributed by atoms with van der Waals surface area (Å²) in [6.07, 6.45) is 11.1. The van der Waals surface area contributed by atoms with E-state index in [0.29, 0.717) is 18.5 Å². The molecule has 1 atom stereocenters. The van der Waals surface area contributed by atoms with Crippen molar-refractivity contribution in [3.8, 4) is 0 Å². The molecule has 8 nitrogen and oxygen atoms in total. The molecule has 4 aliphatic heterocycles. The van der Waals surface area contributed by atoms with Crippen molar-refractivity contribution in [2.45, 2.75) is 87.7 Å². The lowest BCUT2D eigenvalue weighted by atomic mass is 10.0. The molecule has 0 bridgehead atoms. The number of nitrogens with zero attached hydrogens (tertiary/aromatic N) is 3. The number of imide groups is 1. The van der Waals surface area contributed by atoms with Crippen molar-refractivity contribution in [2.24, 2.45) is 0 Å². The minimum Gasteiger partial charge on any atom is -0.322 e. The maximum atomic E-state index is 13.0. The Morgan fingerprint density at radius 3 is 2.38 bits per heavy atom. The largest absolute Gasteiger partial charge is 0.322 e.